The second-order valence-corrected chi connectivity index (χ2v) is 7.43. The van der Waals surface area contributed by atoms with Gasteiger partial charge in [0.2, 0.25) is 0 Å². The molecule has 0 spiro atoms. The van der Waals surface area contributed by atoms with Crippen LogP contribution in [0.5, 0.6) is 0 Å². The van der Waals surface area contributed by atoms with E-state index in [1.807, 2.05) is 48.5 Å². The van der Waals surface area contributed by atoms with E-state index in [-0.39, 0.29) is 11.3 Å². The van der Waals surface area contributed by atoms with E-state index in [1.54, 1.807) is 13.0 Å². The van der Waals surface area contributed by atoms with Gasteiger partial charge >= 0.3 is 0 Å². The molecule has 5 heteroatoms. The zero-order valence-electron chi connectivity index (χ0n) is 16.1. The van der Waals surface area contributed by atoms with E-state index in [9.17, 15) is 4.79 Å². The molecule has 0 fully saturated rings. The molecule has 2 N–H and O–H groups in total. The van der Waals surface area contributed by atoms with Gasteiger partial charge in [0.25, 0.3) is 5.91 Å². The Balaban J connectivity index is 1.87. The lowest BCUT2D eigenvalue weighted by molar-refractivity contribution is 0.102. The number of para-hydroxylation sites is 2. The van der Waals surface area contributed by atoms with Crippen molar-refractivity contribution in [2.45, 2.75) is 33.1 Å². The fraction of sp³-hybridized carbons (Fsp3) is 0.227. The minimum Gasteiger partial charge on any atom is -0.340 e. The molecule has 27 heavy (non-hydrogen) atoms. The summed E-state index contributed by atoms with van der Waals surface area (Å²) in [4.78, 5) is 21.3. The third kappa shape index (κ3) is 4.70. The molecular formula is C22H24N4O. The maximum Gasteiger partial charge on any atom is 0.274 e. The summed E-state index contributed by atoms with van der Waals surface area (Å²) >= 11 is 0. The molecule has 3 rings (SSSR count). The van der Waals surface area contributed by atoms with Crippen molar-refractivity contribution in [3.8, 4) is 0 Å². The minimum atomic E-state index is -0.265. The van der Waals surface area contributed by atoms with Gasteiger partial charge in [-0.25, -0.2) is 9.97 Å². The molecule has 1 amide bonds. The molecule has 0 aliphatic heterocycles. The summed E-state index contributed by atoms with van der Waals surface area (Å²) in [6.07, 6.45) is 0. The molecule has 138 valence electrons. The molecule has 0 aliphatic rings. The zero-order valence-corrected chi connectivity index (χ0v) is 16.1. The molecule has 0 radical (unpaired) electrons. The second kappa shape index (κ2) is 7.58. The van der Waals surface area contributed by atoms with Crippen molar-refractivity contribution in [3.63, 3.8) is 0 Å². The zero-order chi connectivity index (χ0) is 19.4. The normalized spacial score (nSPS) is 11.1. The van der Waals surface area contributed by atoms with Crippen molar-refractivity contribution in [1.29, 1.82) is 0 Å². The Morgan fingerprint density at radius 3 is 2.30 bits per heavy atom. The molecule has 0 aliphatic carbocycles. The van der Waals surface area contributed by atoms with Crippen LogP contribution < -0.4 is 10.6 Å². The summed E-state index contributed by atoms with van der Waals surface area (Å²) in [5, 5.41) is 6.20. The lowest BCUT2D eigenvalue weighted by atomic mass is 9.86. The Morgan fingerprint density at radius 2 is 1.59 bits per heavy atom. The highest BCUT2D eigenvalue weighted by Gasteiger charge is 2.18. The number of nitrogens with one attached hydrogen (secondary N) is 2. The van der Waals surface area contributed by atoms with Gasteiger partial charge in [0.1, 0.15) is 17.3 Å². The lowest BCUT2D eigenvalue weighted by Crippen LogP contribution is -2.16. The van der Waals surface area contributed by atoms with Crippen LogP contribution in [0.4, 0.5) is 17.2 Å². The first-order valence-corrected chi connectivity index (χ1v) is 8.91. The van der Waals surface area contributed by atoms with Crippen LogP contribution in [-0.2, 0) is 5.41 Å². The molecule has 1 heterocycles. The largest absolute Gasteiger partial charge is 0.340 e. The van der Waals surface area contributed by atoms with E-state index in [0.717, 1.165) is 11.4 Å². The van der Waals surface area contributed by atoms with Gasteiger partial charge in [-0.2, -0.15) is 0 Å². The topological polar surface area (TPSA) is 66.9 Å². The number of carbonyl (C=O) groups is 1. The predicted molar refractivity (Wildman–Crippen MR) is 110 cm³/mol. The van der Waals surface area contributed by atoms with Gasteiger partial charge in [-0.15, -0.1) is 0 Å². The quantitative estimate of drug-likeness (QED) is 0.681. The Morgan fingerprint density at radius 1 is 0.926 bits per heavy atom. The third-order valence-electron chi connectivity index (χ3n) is 4.10. The molecule has 2 aromatic carbocycles. The van der Waals surface area contributed by atoms with Crippen molar-refractivity contribution in [2.75, 3.05) is 10.6 Å². The molecular weight excluding hydrogens is 336 g/mol. The summed E-state index contributed by atoms with van der Waals surface area (Å²) in [5.41, 5.74) is 3.18. The van der Waals surface area contributed by atoms with Crippen molar-refractivity contribution in [2.24, 2.45) is 0 Å². The van der Waals surface area contributed by atoms with E-state index in [4.69, 9.17) is 0 Å². The number of aromatic nitrogens is 2. The highest BCUT2D eigenvalue weighted by atomic mass is 16.1. The van der Waals surface area contributed by atoms with Crippen molar-refractivity contribution < 1.29 is 4.79 Å². The van der Waals surface area contributed by atoms with Crippen LogP contribution in [0.25, 0.3) is 0 Å². The Hall–Kier alpha value is -3.21. The lowest BCUT2D eigenvalue weighted by Gasteiger charge is -2.23. The number of hydrogen-bond donors (Lipinski definition) is 2. The molecule has 1 aromatic heterocycles. The van der Waals surface area contributed by atoms with Crippen LogP contribution in [-0.4, -0.2) is 15.9 Å². The SMILES string of the molecule is Cc1nc(Nc2ccccc2C(C)(C)C)cc(C(=O)Nc2ccccc2)n1. The molecule has 0 bridgehead atoms. The number of hydrogen-bond acceptors (Lipinski definition) is 4. The van der Waals surface area contributed by atoms with Gasteiger partial charge in [-0.1, -0.05) is 57.2 Å². The highest BCUT2D eigenvalue weighted by molar-refractivity contribution is 6.03. The second-order valence-electron chi connectivity index (χ2n) is 7.43. The summed E-state index contributed by atoms with van der Waals surface area (Å²) in [7, 11) is 0. The summed E-state index contributed by atoms with van der Waals surface area (Å²) < 4.78 is 0. The average Bonchev–Trinajstić information content (AvgIpc) is 2.61. The van der Waals surface area contributed by atoms with Crippen molar-refractivity contribution >= 4 is 23.1 Å². The van der Waals surface area contributed by atoms with E-state index in [1.165, 1.54) is 5.56 Å². The average molecular weight is 360 g/mol. The van der Waals surface area contributed by atoms with Gasteiger partial charge in [-0.3, -0.25) is 4.79 Å². The van der Waals surface area contributed by atoms with Crippen molar-refractivity contribution in [3.05, 3.63) is 77.7 Å². The molecule has 0 atom stereocenters. The molecule has 5 nitrogen and oxygen atoms in total. The summed E-state index contributed by atoms with van der Waals surface area (Å²) in [6.45, 7) is 8.27. The van der Waals surface area contributed by atoms with Gasteiger partial charge < -0.3 is 10.6 Å². The molecule has 0 saturated carbocycles. The number of benzene rings is 2. The number of carbonyl (C=O) groups excluding carboxylic acids is 1. The summed E-state index contributed by atoms with van der Waals surface area (Å²) in [5.74, 6) is 0.864. The minimum absolute atomic E-state index is 0.0147. The van der Waals surface area contributed by atoms with Crippen molar-refractivity contribution in [1.82, 2.24) is 9.97 Å². The monoisotopic (exact) mass is 360 g/mol. The smallest absolute Gasteiger partial charge is 0.274 e. The summed E-state index contributed by atoms with van der Waals surface area (Å²) in [6, 6.07) is 19.1. The number of rotatable bonds is 4. The van der Waals surface area contributed by atoms with Crippen LogP contribution in [0.1, 0.15) is 42.6 Å². The maximum absolute atomic E-state index is 12.6. The number of aryl methyl sites for hydroxylation is 1. The third-order valence-corrected chi connectivity index (χ3v) is 4.10. The Kier molecular flexibility index (Phi) is 5.21. The predicted octanol–water partition coefficient (Wildman–Crippen LogP) is 5.08. The van der Waals surface area contributed by atoms with E-state index >= 15 is 0 Å². The first-order chi connectivity index (χ1) is 12.8. The van der Waals surface area contributed by atoms with Gasteiger partial charge in [0, 0.05) is 17.4 Å². The van der Waals surface area contributed by atoms with E-state index in [0.29, 0.717) is 17.3 Å². The molecule has 0 saturated heterocycles. The van der Waals surface area contributed by atoms with Crippen LogP contribution in [0, 0.1) is 6.92 Å². The van der Waals surface area contributed by atoms with Gasteiger partial charge in [0.15, 0.2) is 0 Å². The van der Waals surface area contributed by atoms with Crippen LogP contribution >= 0.6 is 0 Å². The molecule has 0 unspecified atom stereocenters. The highest BCUT2D eigenvalue weighted by Crippen LogP contribution is 2.31. The first-order valence-electron chi connectivity index (χ1n) is 8.91. The van der Waals surface area contributed by atoms with Crippen LogP contribution in [0.3, 0.4) is 0 Å². The Bertz CT molecular complexity index is 946. The fourth-order valence-electron chi connectivity index (χ4n) is 2.85. The Labute approximate surface area is 159 Å². The van der Waals surface area contributed by atoms with E-state index < -0.39 is 0 Å². The maximum atomic E-state index is 12.6. The van der Waals surface area contributed by atoms with Gasteiger partial charge in [0.05, 0.1) is 0 Å². The van der Waals surface area contributed by atoms with E-state index in [2.05, 4.69) is 47.4 Å². The fourth-order valence-corrected chi connectivity index (χ4v) is 2.85. The van der Waals surface area contributed by atoms with Crippen LogP contribution in [0.15, 0.2) is 60.7 Å². The molecule has 3 aromatic rings. The number of amides is 1. The van der Waals surface area contributed by atoms with Crippen LogP contribution in [0.2, 0.25) is 0 Å². The number of anilines is 3. The standard InChI is InChI=1S/C22H24N4O/c1-15-23-19(21(27)25-16-10-6-5-7-11-16)14-20(24-15)26-18-13-9-8-12-17(18)22(2,3)4/h5-14H,1-4H3,(H,25,27)(H,23,24,26). The first kappa shape index (κ1) is 18.6. The van der Waals surface area contributed by atoms with Gasteiger partial charge in [-0.05, 0) is 36.1 Å². The number of nitrogens with zero attached hydrogens (tertiary/aromatic N) is 2.